The lowest BCUT2D eigenvalue weighted by Gasteiger charge is -2.19. The molecule has 3 N–H and O–H groups in total. The van der Waals surface area contributed by atoms with Gasteiger partial charge in [-0.2, -0.15) is 0 Å². The first-order valence-electron chi connectivity index (χ1n) is 16.6. The third kappa shape index (κ3) is 26.5. The summed E-state index contributed by atoms with van der Waals surface area (Å²) in [4.78, 5) is 11.8. The van der Waals surface area contributed by atoms with Gasteiger partial charge in [-0.1, -0.05) is 154 Å². The van der Waals surface area contributed by atoms with Crippen molar-refractivity contribution in [1.29, 1.82) is 0 Å². The number of amides is 1. The van der Waals surface area contributed by atoms with Crippen molar-refractivity contribution in [2.24, 2.45) is 0 Å². The highest BCUT2D eigenvalue weighted by molar-refractivity contribution is 5.76. The van der Waals surface area contributed by atoms with E-state index in [1.54, 1.807) is 6.08 Å². The van der Waals surface area contributed by atoms with Gasteiger partial charge >= 0.3 is 0 Å². The minimum absolute atomic E-state index is 0.110. The number of unbranched alkanes of at least 4 members (excludes halogenated alkanes) is 20. The van der Waals surface area contributed by atoms with Crippen molar-refractivity contribution in [2.45, 2.75) is 180 Å². The van der Waals surface area contributed by atoms with Gasteiger partial charge < -0.3 is 15.5 Å². The topological polar surface area (TPSA) is 69.6 Å². The summed E-state index contributed by atoms with van der Waals surface area (Å²) in [5, 5.41) is 22.3. The van der Waals surface area contributed by atoms with Gasteiger partial charge in [0.2, 0.25) is 5.91 Å². The number of allylic oxidation sites excluding steroid dienone is 3. The number of aliphatic hydroxyl groups is 2. The van der Waals surface area contributed by atoms with Gasteiger partial charge in [0.05, 0.1) is 18.8 Å². The Kier molecular flexibility index (Phi) is 29.5. The van der Waals surface area contributed by atoms with Crippen LogP contribution in [0.15, 0.2) is 24.3 Å². The summed E-state index contributed by atoms with van der Waals surface area (Å²) < 4.78 is 0. The van der Waals surface area contributed by atoms with E-state index in [1.165, 1.54) is 116 Å². The minimum Gasteiger partial charge on any atom is -0.394 e. The molecule has 38 heavy (non-hydrogen) atoms. The van der Waals surface area contributed by atoms with E-state index in [-0.39, 0.29) is 12.5 Å². The molecule has 0 radical (unpaired) electrons. The molecule has 2 unspecified atom stereocenters. The third-order valence-electron chi connectivity index (χ3n) is 7.44. The highest BCUT2D eigenvalue weighted by atomic mass is 16.3. The van der Waals surface area contributed by atoms with Crippen molar-refractivity contribution in [3.05, 3.63) is 24.3 Å². The minimum atomic E-state index is -0.853. The van der Waals surface area contributed by atoms with Crippen LogP contribution < -0.4 is 5.32 Å². The molecule has 0 aromatic rings. The second-order valence-corrected chi connectivity index (χ2v) is 11.2. The number of hydrogen-bond donors (Lipinski definition) is 3. The monoisotopic (exact) mass is 535 g/mol. The van der Waals surface area contributed by atoms with Gasteiger partial charge in [-0.25, -0.2) is 0 Å². The van der Waals surface area contributed by atoms with Crippen LogP contribution in [0.25, 0.3) is 0 Å². The van der Waals surface area contributed by atoms with Gasteiger partial charge in [0, 0.05) is 6.42 Å². The van der Waals surface area contributed by atoms with Gasteiger partial charge in [0.15, 0.2) is 0 Å². The predicted octanol–water partition coefficient (Wildman–Crippen LogP) is 9.34. The maximum atomic E-state index is 11.8. The molecule has 0 aromatic heterocycles. The van der Waals surface area contributed by atoms with E-state index in [2.05, 4.69) is 24.4 Å². The predicted molar refractivity (Wildman–Crippen MR) is 165 cm³/mol. The largest absolute Gasteiger partial charge is 0.394 e. The van der Waals surface area contributed by atoms with E-state index in [9.17, 15) is 15.0 Å². The standard InChI is InChI=1S/C34H65NO3/c1-3-5-7-8-9-10-11-12-13-14-15-16-17-18-19-20-21-22-23-24-25-26-27-28-29-33(37)32(31-36)35-34(38)30-6-4-2/h24-25,28-29,32-33,36-37H,3-23,26-27,30-31H2,1-2H3,(H,35,38)/b25-24+,29-28+. The summed E-state index contributed by atoms with van der Waals surface area (Å²) in [5.41, 5.74) is 0. The summed E-state index contributed by atoms with van der Waals surface area (Å²) in [6, 6.07) is -0.629. The Bertz CT molecular complexity index is 546. The molecule has 0 aliphatic rings. The zero-order valence-corrected chi connectivity index (χ0v) is 25.4. The molecular weight excluding hydrogens is 470 g/mol. The van der Waals surface area contributed by atoms with E-state index in [0.29, 0.717) is 6.42 Å². The van der Waals surface area contributed by atoms with Gasteiger partial charge in [-0.15, -0.1) is 0 Å². The fourth-order valence-electron chi connectivity index (χ4n) is 4.82. The van der Waals surface area contributed by atoms with E-state index in [4.69, 9.17) is 0 Å². The molecule has 0 rings (SSSR count). The molecule has 4 heteroatoms. The first kappa shape index (κ1) is 36.9. The first-order chi connectivity index (χ1) is 18.7. The van der Waals surface area contributed by atoms with Gasteiger partial charge in [-0.05, 0) is 32.1 Å². The summed E-state index contributed by atoms with van der Waals surface area (Å²) >= 11 is 0. The van der Waals surface area contributed by atoms with Crippen LogP contribution in [0.4, 0.5) is 0 Å². The van der Waals surface area contributed by atoms with Gasteiger partial charge in [0.25, 0.3) is 0 Å². The first-order valence-corrected chi connectivity index (χ1v) is 16.6. The van der Waals surface area contributed by atoms with E-state index < -0.39 is 12.1 Å². The second kappa shape index (κ2) is 30.4. The number of nitrogens with one attached hydrogen (secondary N) is 1. The molecule has 0 saturated heterocycles. The summed E-state index contributed by atoms with van der Waals surface area (Å²) in [6.07, 6.45) is 37.9. The maximum absolute atomic E-state index is 11.8. The van der Waals surface area contributed by atoms with Crippen molar-refractivity contribution in [1.82, 2.24) is 5.32 Å². The second-order valence-electron chi connectivity index (χ2n) is 11.2. The van der Waals surface area contributed by atoms with Crippen LogP contribution in [0.5, 0.6) is 0 Å². The normalized spacial score (nSPS) is 13.5. The molecule has 2 atom stereocenters. The number of aliphatic hydroxyl groups excluding tert-OH is 2. The van der Waals surface area contributed by atoms with Crippen LogP contribution in [0.1, 0.15) is 168 Å². The molecule has 0 bridgehead atoms. The SMILES string of the molecule is CCCCCCCCCCCCCCCCCCCC/C=C/CC/C=C/C(O)C(CO)NC(=O)CCCC. The highest BCUT2D eigenvalue weighted by Gasteiger charge is 2.17. The summed E-state index contributed by atoms with van der Waals surface area (Å²) in [5.74, 6) is -0.110. The molecular formula is C34H65NO3. The Morgan fingerprint density at radius 1 is 0.605 bits per heavy atom. The third-order valence-corrected chi connectivity index (χ3v) is 7.44. The van der Waals surface area contributed by atoms with Gasteiger partial charge in [-0.3, -0.25) is 4.79 Å². The van der Waals surface area contributed by atoms with Crippen LogP contribution in [0.3, 0.4) is 0 Å². The van der Waals surface area contributed by atoms with Crippen molar-refractivity contribution in [2.75, 3.05) is 6.61 Å². The Morgan fingerprint density at radius 3 is 1.50 bits per heavy atom. The molecule has 0 aliphatic carbocycles. The molecule has 4 nitrogen and oxygen atoms in total. The van der Waals surface area contributed by atoms with Crippen LogP contribution in [-0.4, -0.2) is 34.9 Å². The molecule has 0 aliphatic heterocycles. The molecule has 1 amide bonds. The summed E-state index contributed by atoms with van der Waals surface area (Å²) in [7, 11) is 0. The van der Waals surface area contributed by atoms with Crippen molar-refractivity contribution >= 4 is 5.91 Å². The molecule has 0 fully saturated rings. The molecule has 0 spiro atoms. The molecule has 0 saturated carbocycles. The number of carbonyl (C=O) groups is 1. The lowest BCUT2D eigenvalue weighted by atomic mass is 10.0. The Hall–Kier alpha value is -1.13. The van der Waals surface area contributed by atoms with Gasteiger partial charge in [0.1, 0.15) is 0 Å². The highest BCUT2D eigenvalue weighted by Crippen LogP contribution is 2.14. The van der Waals surface area contributed by atoms with Crippen molar-refractivity contribution < 1.29 is 15.0 Å². The summed E-state index contributed by atoms with van der Waals surface area (Å²) in [6.45, 7) is 4.06. The van der Waals surface area contributed by atoms with Crippen LogP contribution in [0, 0.1) is 0 Å². The average molecular weight is 536 g/mol. The average Bonchev–Trinajstić information content (AvgIpc) is 2.92. The number of rotatable bonds is 29. The quantitative estimate of drug-likeness (QED) is 0.0660. The smallest absolute Gasteiger partial charge is 0.220 e. The van der Waals surface area contributed by atoms with E-state index in [0.717, 1.165) is 32.1 Å². The number of hydrogen-bond acceptors (Lipinski definition) is 3. The van der Waals surface area contributed by atoms with E-state index in [1.807, 2.05) is 13.0 Å². The lowest BCUT2D eigenvalue weighted by Crippen LogP contribution is -2.45. The Morgan fingerprint density at radius 2 is 1.03 bits per heavy atom. The van der Waals surface area contributed by atoms with Crippen LogP contribution in [0.2, 0.25) is 0 Å². The Labute approximate surface area is 237 Å². The lowest BCUT2D eigenvalue weighted by molar-refractivity contribution is -0.123. The maximum Gasteiger partial charge on any atom is 0.220 e. The van der Waals surface area contributed by atoms with Crippen molar-refractivity contribution in [3.8, 4) is 0 Å². The molecule has 224 valence electrons. The van der Waals surface area contributed by atoms with Crippen molar-refractivity contribution in [3.63, 3.8) is 0 Å². The van der Waals surface area contributed by atoms with Crippen LogP contribution in [-0.2, 0) is 4.79 Å². The fraction of sp³-hybridized carbons (Fsp3) is 0.853. The zero-order valence-electron chi connectivity index (χ0n) is 25.4. The molecule has 0 heterocycles. The zero-order chi connectivity index (χ0) is 27.9. The fourth-order valence-corrected chi connectivity index (χ4v) is 4.82. The van der Waals surface area contributed by atoms with Crippen LogP contribution >= 0.6 is 0 Å². The Balaban J connectivity index is 3.44. The molecule has 0 aromatic carbocycles. The van der Waals surface area contributed by atoms with E-state index >= 15 is 0 Å². The number of carbonyl (C=O) groups excluding carboxylic acids is 1.